The number of rotatable bonds is 46. The van der Waals surface area contributed by atoms with Crippen molar-refractivity contribution in [1.82, 2.24) is 81.3 Å². The van der Waals surface area contributed by atoms with E-state index in [1.165, 1.54) is 101 Å². The number of amides is 15. The number of carboxylic acids is 1. The number of hydrogen-bond acceptors (Lipinski definition) is 19. The number of Topliss-reactive ketones (excluding diaryl/α,β-unsaturated/α-hetero) is 1. The molecule has 35 heteroatoms. The van der Waals surface area contributed by atoms with E-state index in [4.69, 9.17) is 4.74 Å². The second-order valence-electron chi connectivity index (χ2n) is 35.3. The van der Waals surface area contributed by atoms with Gasteiger partial charge in [0.05, 0.1) is 38.6 Å². The number of carbonyl (C=O) groups is 17. The third-order valence-corrected chi connectivity index (χ3v) is 23.4. The van der Waals surface area contributed by atoms with Gasteiger partial charge in [-0.15, -0.1) is 0 Å². The van der Waals surface area contributed by atoms with Crippen molar-refractivity contribution in [2.24, 2.45) is 23.7 Å². The van der Waals surface area contributed by atoms with Crippen LogP contribution in [0.25, 0.3) is 11.1 Å². The first-order valence-corrected chi connectivity index (χ1v) is 43.7. The van der Waals surface area contributed by atoms with E-state index in [1.54, 1.807) is 74.5 Å². The number of likely N-dealkylation sites (tertiary alicyclic amines) is 1. The summed E-state index contributed by atoms with van der Waals surface area (Å²) in [5, 5.41) is 28.7. The second kappa shape index (κ2) is 48.7. The number of ketones is 1. The molecule has 0 unspecified atom stereocenters. The van der Waals surface area contributed by atoms with E-state index >= 15 is 0 Å². The molecule has 4 aromatic rings. The van der Waals surface area contributed by atoms with E-state index in [9.17, 15) is 86.6 Å². The minimum Gasteiger partial charge on any atom is -0.481 e. The molecule has 128 heavy (non-hydrogen) atoms. The minimum atomic E-state index is -1.38. The van der Waals surface area contributed by atoms with Crippen molar-refractivity contribution in [2.45, 2.75) is 213 Å². The standard InChI is InChI=1S/C93H134N16O19/c1-54(2)43-71(100-83(117)61(12)104(17)93(127)128-53-69-67-39-30-28-37-65(67)66-38-29-31-40-68(66)69)87(121)102(15)52-77(111)97-58(9)81(115)99-72(44-55(3)4)88(122)106(19)75(47-63-35-26-23-27-36-63)91(125)103(16)60(11)82(116)95-50-64(110)49-94-70(46-62-33-24-22-25-34-62)89(123)109-42-32-41-73(109)85(119)98-59(10)86(120)105(18)74(45-56(5)6)84(118)96-51-78(112)108(21)80(57(7)8)92(126)107(20)76(48-79(113)114)90(124)101(13)14/h22-31,33-40,54-61,69-76,80,94H,32,41-53H2,1-21H3,(H,95,116)(H,96,118)(H,97,111)(H,98,119)(H,99,115)(H,100,117)(H,113,114)/t58-,59-,60-,61-,70-,71-,72-,73-,74-,75-,76+,80-/m0/s1. The molecule has 8 N–H and O–H groups in total. The normalized spacial score (nSPS) is 15.4. The molecule has 6 rings (SSSR count). The number of hydrogen-bond donors (Lipinski definition) is 8. The number of carbonyl (C=O) groups excluding carboxylic acids is 16. The number of aliphatic carboxylic acids is 1. The molecular formula is C93H134N16O19. The molecule has 0 saturated carbocycles. The Morgan fingerprint density at radius 1 is 0.453 bits per heavy atom. The third-order valence-electron chi connectivity index (χ3n) is 23.4. The third kappa shape index (κ3) is 28.9. The molecule has 1 aliphatic heterocycles. The average Bonchev–Trinajstić information content (AvgIpc) is 1.61. The van der Waals surface area contributed by atoms with Crippen LogP contribution in [0.15, 0.2) is 109 Å². The number of likely N-dealkylation sites (N-methyl/N-ethyl adjacent to an activating group) is 8. The van der Waals surface area contributed by atoms with Crippen molar-refractivity contribution in [3.63, 3.8) is 0 Å². The van der Waals surface area contributed by atoms with Gasteiger partial charge in [0.2, 0.25) is 82.7 Å². The van der Waals surface area contributed by atoms with Crippen molar-refractivity contribution in [3.8, 4) is 11.1 Å². The first-order chi connectivity index (χ1) is 60.2. The fraction of sp³-hybridized carbons (Fsp3) is 0.559. The van der Waals surface area contributed by atoms with Crippen LogP contribution in [0.3, 0.4) is 0 Å². The van der Waals surface area contributed by atoms with Crippen LogP contribution in [-0.4, -0.2) is 325 Å². The van der Waals surface area contributed by atoms with Gasteiger partial charge in [0.1, 0.15) is 73.1 Å². The van der Waals surface area contributed by atoms with Gasteiger partial charge >= 0.3 is 12.1 Å². The molecule has 12 atom stereocenters. The Kier molecular flexibility index (Phi) is 39.8. The molecule has 1 fully saturated rings. The summed E-state index contributed by atoms with van der Waals surface area (Å²) in [6.45, 7) is 18.1. The largest absolute Gasteiger partial charge is 0.481 e. The number of benzene rings is 4. The minimum absolute atomic E-state index is 0.0245. The summed E-state index contributed by atoms with van der Waals surface area (Å²) in [6, 6.07) is 19.1. The number of carboxylic acid groups (broad SMARTS) is 1. The van der Waals surface area contributed by atoms with Gasteiger partial charge in [0, 0.05) is 82.3 Å². The Hall–Kier alpha value is -12.2. The van der Waals surface area contributed by atoms with Crippen LogP contribution in [0.2, 0.25) is 0 Å². The van der Waals surface area contributed by atoms with E-state index in [-0.39, 0.29) is 75.3 Å². The summed E-state index contributed by atoms with van der Waals surface area (Å²) in [7, 11) is 12.4. The van der Waals surface area contributed by atoms with Crippen LogP contribution in [0.5, 0.6) is 0 Å². The van der Waals surface area contributed by atoms with E-state index in [2.05, 4.69) is 37.2 Å². The van der Waals surface area contributed by atoms with E-state index in [0.717, 1.165) is 56.6 Å². The Labute approximate surface area is 751 Å². The van der Waals surface area contributed by atoms with Crippen molar-refractivity contribution in [1.29, 1.82) is 0 Å². The lowest BCUT2D eigenvalue weighted by Crippen LogP contribution is -2.59. The van der Waals surface area contributed by atoms with Crippen LogP contribution in [0.1, 0.15) is 150 Å². The SMILES string of the molecule is CC(C)C[C@H](NC(=O)[C@H](C)N(C)C(=O)OCC1c2ccccc2-c2ccccc21)C(=O)N(C)CC(=O)N[C@@H](C)C(=O)N[C@@H](CC(C)C)C(=O)N(C)[C@@H](Cc1ccccc1)C(=O)N(C)[C@@H](C)C(=O)NCC(=O)CN[C@@H](Cc1ccccc1)C(=O)N1CCC[C@H]1C(=O)N[C@@H](C)C(=O)N(C)[C@@H](CC(C)C)C(=O)NCC(=O)N(C)[C@H](C(=O)N(C)[C@H](CC(=O)O)C(=O)N(C)C)C(C)C. The molecule has 700 valence electrons. The van der Waals surface area contributed by atoms with E-state index < -0.39 is 212 Å². The van der Waals surface area contributed by atoms with Crippen molar-refractivity contribution < 1.29 is 91.4 Å². The lowest BCUT2D eigenvalue weighted by Gasteiger charge is -2.36. The molecular weight excluding hydrogens is 1650 g/mol. The van der Waals surface area contributed by atoms with Gasteiger partial charge in [-0.2, -0.15) is 0 Å². The number of nitrogens with zero attached hydrogens (tertiary/aromatic N) is 9. The molecule has 35 nitrogen and oxygen atoms in total. The molecule has 4 aromatic carbocycles. The smallest absolute Gasteiger partial charge is 0.410 e. The molecule has 0 bridgehead atoms. The summed E-state index contributed by atoms with van der Waals surface area (Å²) in [5.74, 6) is -12.6. The topological polar surface area (TPSA) is 433 Å². The molecule has 1 saturated heterocycles. The zero-order valence-corrected chi connectivity index (χ0v) is 77.9. The van der Waals surface area contributed by atoms with E-state index in [0.29, 0.717) is 17.5 Å². The van der Waals surface area contributed by atoms with Gasteiger partial charge < -0.3 is 80.9 Å². The number of nitrogens with one attached hydrogen (secondary N) is 7. The fourth-order valence-electron chi connectivity index (χ4n) is 15.8. The lowest BCUT2D eigenvalue weighted by molar-refractivity contribution is -0.153. The number of ether oxygens (including phenoxy) is 1. The van der Waals surface area contributed by atoms with Gasteiger partial charge in [0.15, 0.2) is 5.78 Å². The molecule has 0 radical (unpaired) electrons. The van der Waals surface area contributed by atoms with E-state index in [1.807, 2.05) is 90.1 Å². The summed E-state index contributed by atoms with van der Waals surface area (Å²) in [4.78, 5) is 247. The van der Waals surface area contributed by atoms with Gasteiger partial charge in [-0.25, -0.2) is 4.79 Å². The average molecular weight is 1780 g/mol. The van der Waals surface area contributed by atoms with Gasteiger partial charge in [-0.1, -0.05) is 165 Å². The maximum absolute atomic E-state index is 14.9. The molecule has 1 aliphatic carbocycles. The van der Waals surface area contributed by atoms with Crippen LogP contribution >= 0.6 is 0 Å². The zero-order chi connectivity index (χ0) is 95.6. The van der Waals surface area contributed by atoms with Crippen molar-refractivity contribution >= 4 is 101 Å². The Morgan fingerprint density at radius 3 is 1.49 bits per heavy atom. The fourth-order valence-corrected chi connectivity index (χ4v) is 15.8. The number of fused-ring (bicyclic) bond motifs is 3. The predicted molar refractivity (Wildman–Crippen MR) is 479 cm³/mol. The maximum Gasteiger partial charge on any atom is 0.410 e. The first kappa shape index (κ1) is 105. The highest BCUT2D eigenvalue weighted by molar-refractivity contribution is 6.00. The maximum atomic E-state index is 14.9. The summed E-state index contributed by atoms with van der Waals surface area (Å²) >= 11 is 0. The van der Waals surface area contributed by atoms with Gasteiger partial charge in [0.25, 0.3) is 0 Å². The monoisotopic (exact) mass is 1780 g/mol. The highest BCUT2D eigenvalue weighted by Gasteiger charge is 2.44. The molecule has 0 aromatic heterocycles. The second-order valence-corrected chi connectivity index (χ2v) is 35.3. The van der Waals surface area contributed by atoms with Crippen molar-refractivity contribution in [3.05, 3.63) is 131 Å². The highest BCUT2D eigenvalue weighted by atomic mass is 16.6. The zero-order valence-electron chi connectivity index (χ0n) is 77.9. The summed E-state index contributed by atoms with van der Waals surface area (Å²) < 4.78 is 5.80. The van der Waals surface area contributed by atoms with Crippen LogP contribution in [0.4, 0.5) is 4.79 Å². The van der Waals surface area contributed by atoms with Crippen LogP contribution in [-0.2, 0) is 94.3 Å². The molecule has 0 spiro atoms. The summed E-state index contributed by atoms with van der Waals surface area (Å²) in [6.07, 6.45) is -0.432. The molecule has 2 aliphatic rings. The predicted octanol–water partition coefficient (Wildman–Crippen LogP) is 3.44. The molecule has 15 amide bonds. The highest BCUT2D eigenvalue weighted by Crippen LogP contribution is 2.45. The quantitative estimate of drug-likeness (QED) is 0.0314. The van der Waals surface area contributed by atoms with Crippen LogP contribution in [0, 0.1) is 23.7 Å². The van der Waals surface area contributed by atoms with Crippen LogP contribution < -0.4 is 37.2 Å². The summed E-state index contributed by atoms with van der Waals surface area (Å²) in [5.41, 5.74) is 5.49. The Bertz CT molecular complexity index is 4540. The Balaban J connectivity index is 1.04. The molecule has 1 heterocycles. The van der Waals surface area contributed by atoms with Gasteiger partial charge in [-0.05, 0) is 123 Å². The first-order valence-electron chi connectivity index (χ1n) is 43.7. The Morgan fingerprint density at radius 2 is 0.953 bits per heavy atom. The lowest BCUT2D eigenvalue weighted by atomic mass is 9.98. The van der Waals surface area contributed by atoms with Crippen molar-refractivity contribution in [2.75, 3.05) is 103 Å². The van der Waals surface area contributed by atoms with Gasteiger partial charge in [-0.3, -0.25) is 86.9 Å².